The largest absolute Gasteiger partial charge is 0.300 e. The topological polar surface area (TPSA) is 17.1 Å². The minimum atomic E-state index is 0.00456. The number of benzene rings is 2. The van der Waals surface area contributed by atoms with Crippen LogP contribution < -0.4 is 0 Å². The lowest BCUT2D eigenvalue weighted by Crippen LogP contribution is -2.34. The van der Waals surface area contributed by atoms with Gasteiger partial charge in [0.2, 0.25) is 0 Å². The van der Waals surface area contributed by atoms with Crippen molar-refractivity contribution >= 4 is 17.9 Å². The highest BCUT2D eigenvalue weighted by molar-refractivity contribution is 5.82. The van der Waals surface area contributed by atoms with Gasteiger partial charge in [0.15, 0.2) is 0 Å². The number of carbonyl (C=O) groups is 1. The smallest absolute Gasteiger partial charge is 0.133 e. The van der Waals surface area contributed by atoms with Gasteiger partial charge in [-0.2, -0.15) is 0 Å². The van der Waals surface area contributed by atoms with Crippen LogP contribution in [0.5, 0.6) is 0 Å². The van der Waals surface area contributed by atoms with Gasteiger partial charge < -0.3 is 0 Å². The molecule has 2 aromatic rings. The Morgan fingerprint density at radius 2 is 1.19 bits per heavy atom. The Hall–Kier alpha value is -2.15. The molecule has 2 aliphatic rings. The molecular weight excluding hydrogens is 256 g/mol. The van der Waals surface area contributed by atoms with E-state index in [-0.39, 0.29) is 5.41 Å². The van der Waals surface area contributed by atoms with Gasteiger partial charge in [0.05, 0.1) is 0 Å². The van der Waals surface area contributed by atoms with Crippen molar-refractivity contribution in [1.82, 2.24) is 0 Å². The van der Waals surface area contributed by atoms with Crippen molar-refractivity contribution in [1.29, 1.82) is 0 Å². The molecule has 1 saturated carbocycles. The maximum atomic E-state index is 11.8. The summed E-state index contributed by atoms with van der Waals surface area (Å²) in [7, 11) is 0. The van der Waals surface area contributed by atoms with Crippen LogP contribution in [0.3, 0.4) is 0 Å². The molecule has 2 aromatic carbocycles. The zero-order chi connectivity index (χ0) is 14.3. The number of Topliss-reactive ketones (excluding diaryl/α,β-unsaturated/α-hetero) is 1. The summed E-state index contributed by atoms with van der Waals surface area (Å²) in [5, 5.41) is 0. The van der Waals surface area contributed by atoms with Crippen LogP contribution in [-0.4, -0.2) is 5.78 Å². The molecule has 0 bridgehead atoms. The van der Waals surface area contributed by atoms with E-state index in [0.29, 0.717) is 18.6 Å². The maximum Gasteiger partial charge on any atom is 0.133 e. The first-order valence-electron chi connectivity index (χ1n) is 7.68. The summed E-state index contributed by atoms with van der Waals surface area (Å²) in [6.07, 6.45) is 7.70. The fourth-order valence-corrected chi connectivity index (χ4v) is 3.98. The van der Waals surface area contributed by atoms with Crippen LogP contribution >= 0.6 is 0 Å². The lowest BCUT2D eigenvalue weighted by molar-refractivity contribution is -0.121. The summed E-state index contributed by atoms with van der Waals surface area (Å²) in [5.41, 5.74) is 5.37. The van der Waals surface area contributed by atoms with Crippen LogP contribution in [-0.2, 0) is 10.2 Å². The Morgan fingerprint density at radius 1 is 0.714 bits per heavy atom. The number of hydrogen-bond donors (Lipinski definition) is 0. The predicted octanol–water partition coefficient (Wildman–Crippen LogP) is 4.60. The van der Waals surface area contributed by atoms with Crippen molar-refractivity contribution < 1.29 is 4.79 Å². The highest BCUT2D eigenvalue weighted by Crippen LogP contribution is 2.48. The number of ketones is 1. The molecule has 2 aliphatic carbocycles. The lowest BCUT2D eigenvalue weighted by atomic mass is 9.63. The molecule has 4 rings (SSSR count). The second-order valence-corrected chi connectivity index (χ2v) is 6.13. The van der Waals surface area contributed by atoms with Gasteiger partial charge in [0.25, 0.3) is 0 Å². The average molecular weight is 274 g/mol. The molecule has 0 aliphatic heterocycles. The third-order valence-corrected chi connectivity index (χ3v) is 5.06. The van der Waals surface area contributed by atoms with Gasteiger partial charge in [-0.1, -0.05) is 60.7 Å². The molecule has 1 nitrogen and oxygen atoms in total. The van der Waals surface area contributed by atoms with Crippen LogP contribution in [0, 0.1) is 0 Å². The molecule has 1 heteroatoms. The quantitative estimate of drug-likeness (QED) is 0.686. The third-order valence-electron chi connectivity index (χ3n) is 5.06. The first kappa shape index (κ1) is 12.6. The summed E-state index contributed by atoms with van der Waals surface area (Å²) >= 11 is 0. The van der Waals surface area contributed by atoms with E-state index >= 15 is 0 Å². The fraction of sp³-hybridized carbons (Fsp3) is 0.250. The van der Waals surface area contributed by atoms with Gasteiger partial charge in [-0.05, 0) is 35.1 Å². The standard InChI is InChI=1S/C20H18O/c21-17-11-13-20(14-12-17)18-7-3-1-5-15(18)9-10-16-6-2-4-8-19(16)20/h1-10H,11-14H2. The van der Waals surface area contributed by atoms with Gasteiger partial charge in [0.1, 0.15) is 5.78 Å². The molecule has 0 unspecified atom stereocenters. The zero-order valence-electron chi connectivity index (χ0n) is 12.0. The Labute approximate surface area is 125 Å². The highest BCUT2D eigenvalue weighted by atomic mass is 16.1. The van der Waals surface area contributed by atoms with E-state index in [0.717, 1.165) is 12.8 Å². The highest BCUT2D eigenvalue weighted by Gasteiger charge is 2.40. The minimum absolute atomic E-state index is 0.00456. The molecule has 0 heterocycles. The number of hydrogen-bond acceptors (Lipinski definition) is 1. The molecule has 21 heavy (non-hydrogen) atoms. The molecule has 1 fully saturated rings. The van der Waals surface area contributed by atoms with Crippen molar-refractivity contribution in [2.24, 2.45) is 0 Å². The molecule has 0 saturated heterocycles. The van der Waals surface area contributed by atoms with E-state index in [1.165, 1.54) is 22.3 Å². The van der Waals surface area contributed by atoms with Crippen LogP contribution in [0.15, 0.2) is 48.5 Å². The van der Waals surface area contributed by atoms with E-state index in [4.69, 9.17) is 0 Å². The van der Waals surface area contributed by atoms with Gasteiger partial charge in [0, 0.05) is 18.3 Å². The Bertz CT molecular complexity index is 678. The number of carbonyl (C=O) groups excluding carboxylic acids is 1. The number of rotatable bonds is 0. The van der Waals surface area contributed by atoms with Gasteiger partial charge in [-0.25, -0.2) is 0 Å². The normalized spacial score (nSPS) is 19.0. The monoisotopic (exact) mass is 274 g/mol. The first-order valence-corrected chi connectivity index (χ1v) is 7.68. The average Bonchev–Trinajstić information content (AvgIpc) is 2.67. The van der Waals surface area contributed by atoms with Gasteiger partial charge in [-0.15, -0.1) is 0 Å². The van der Waals surface area contributed by atoms with Crippen molar-refractivity contribution in [2.45, 2.75) is 31.1 Å². The number of fused-ring (bicyclic) bond motifs is 4. The van der Waals surface area contributed by atoms with Crippen LogP contribution in [0.25, 0.3) is 12.2 Å². The van der Waals surface area contributed by atoms with E-state index in [1.807, 2.05) is 0 Å². The molecule has 0 N–H and O–H groups in total. The predicted molar refractivity (Wildman–Crippen MR) is 86.1 cm³/mol. The second-order valence-electron chi connectivity index (χ2n) is 6.13. The zero-order valence-corrected chi connectivity index (χ0v) is 12.0. The third kappa shape index (κ3) is 1.88. The summed E-state index contributed by atoms with van der Waals surface area (Å²) < 4.78 is 0. The van der Waals surface area contributed by atoms with Gasteiger partial charge in [-0.3, -0.25) is 4.79 Å². The van der Waals surface area contributed by atoms with Crippen molar-refractivity contribution in [3.63, 3.8) is 0 Å². The van der Waals surface area contributed by atoms with Gasteiger partial charge >= 0.3 is 0 Å². The summed E-state index contributed by atoms with van der Waals surface area (Å²) in [6.45, 7) is 0. The van der Waals surface area contributed by atoms with E-state index in [1.54, 1.807) is 0 Å². The Kier molecular flexibility index (Phi) is 2.81. The maximum absolute atomic E-state index is 11.8. The minimum Gasteiger partial charge on any atom is -0.300 e. The van der Waals surface area contributed by atoms with Crippen molar-refractivity contribution in [2.75, 3.05) is 0 Å². The molecule has 0 amide bonds. The first-order chi connectivity index (χ1) is 10.3. The summed E-state index contributed by atoms with van der Waals surface area (Å²) in [6, 6.07) is 17.3. The molecule has 1 spiro atoms. The van der Waals surface area contributed by atoms with E-state index in [2.05, 4.69) is 60.7 Å². The molecule has 0 aromatic heterocycles. The SMILES string of the molecule is O=C1CCC2(CC1)c1ccccc1C=Cc1ccccc12. The van der Waals surface area contributed by atoms with Crippen LogP contribution in [0.4, 0.5) is 0 Å². The molecule has 0 radical (unpaired) electrons. The van der Waals surface area contributed by atoms with Crippen molar-refractivity contribution in [3.05, 3.63) is 70.8 Å². The summed E-state index contributed by atoms with van der Waals surface area (Å²) in [4.78, 5) is 11.8. The summed E-state index contributed by atoms with van der Waals surface area (Å²) in [5.74, 6) is 0.410. The molecule has 104 valence electrons. The second kappa shape index (κ2) is 4.70. The van der Waals surface area contributed by atoms with Crippen molar-refractivity contribution in [3.8, 4) is 0 Å². The molecule has 0 atom stereocenters. The fourth-order valence-electron chi connectivity index (χ4n) is 3.98. The molecular formula is C20H18O. The van der Waals surface area contributed by atoms with E-state index in [9.17, 15) is 4.79 Å². The van der Waals surface area contributed by atoms with Crippen LogP contribution in [0.1, 0.15) is 47.9 Å². The van der Waals surface area contributed by atoms with E-state index < -0.39 is 0 Å². The lowest BCUT2D eigenvalue weighted by Gasteiger charge is -2.39. The Balaban J connectivity index is 2.00. The Morgan fingerprint density at radius 3 is 1.71 bits per heavy atom. The van der Waals surface area contributed by atoms with Crippen LogP contribution in [0.2, 0.25) is 0 Å².